The van der Waals surface area contributed by atoms with E-state index in [1.807, 2.05) is 6.07 Å². The van der Waals surface area contributed by atoms with Crippen LogP contribution in [0, 0.1) is 0 Å². The molecule has 1 aromatic heterocycles. The van der Waals surface area contributed by atoms with Crippen molar-refractivity contribution in [2.75, 3.05) is 17.3 Å². The first kappa shape index (κ1) is 15.0. The van der Waals surface area contributed by atoms with Crippen LogP contribution in [0.3, 0.4) is 0 Å². The van der Waals surface area contributed by atoms with Crippen LogP contribution >= 0.6 is 0 Å². The molecule has 2 heterocycles. The van der Waals surface area contributed by atoms with Crippen LogP contribution in [0.5, 0.6) is 0 Å². The highest BCUT2D eigenvalue weighted by Gasteiger charge is 2.29. The molecular formula is C14H25N5O. The van der Waals surface area contributed by atoms with Crippen molar-refractivity contribution in [3.63, 3.8) is 0 Å². The third-order valence-corrected chi connectivity index (χ3v) is 3.46. The number of nitrogens with one attached hydrogen (secondary N) is 2. The van der Waals surface area contributed by atoms with Gasteiger partial charge in [-0.05, 0) is 26.7 Å². The van der Waals surface area contributed by atoms with E-state index in [0.717, 1.165) is 31.1 Å². The summed E-state index contributed by atoms with van der Waals surface area (Å²) in [7, 11) is 0. The van der Waals surface area contributed by atoms with Gasteiger partial charge >= 0.3 is 0 Å². The fourth-order valence-electron chi connectivity index (χ4n) is 2.44. The molecule has 0 aliphatic carbocycles. The molecule has 1 aromatic rings. The maximum atomic E-state index is 5.73. The molecule has 0 amide bonds. The molecule has 1 aliphatic heterocycles. The van der Waals surface area contributed by atoms with Gasteiger partial charge in [-0.1, -0.05) is 13.8 Å². The number of anilines is 2. The number of nitrogens with two attached hydrogens (primary N) is 1. The van der Waals surface area contributed by atoms with Crippen molar-refractivity contribution < 1.29 is 4.74 Å². The summed E-state index contributed by atoms with van der Waals surface area (Å²) in [4.78, 5) is 8.93. The Hall–Kier alpha value is -1.40. The summed E-state index contributed by atoms with van der Waals surface area (Å²) in [5, 5.41) is 3.48. The van der Waals surface area contributed by atoms with Gasteiger partial charge in [0.05, 0.1) is 5.60 Å². The van der Waals surface area contributed by atoms with Crippen molar-refractivity contribution in [3.05, 3.63) is 11.9 Å². The van der Waals surface area contributed by atoms with Gasteiger partial charge in [0.25, 0.3) is 0 Å². The second-order valence-electron chi connectivity index (χ2n) is 6.24. The monoisotopic (exact) mass is 279 g/mol. The van der Waals surface area contributed by atoms with Gasteiger partial charge in [-0.15, -0.1) is 0 Å². The van der Waals surface area contributed by atoms with E-state index in [1.165, 1.54) is 0 Å². The summed E-state index contributed by atoms with van der Waals surface area (Å²) in [5.74, 6) is 7.98. The Morgan fingerprint density at radius 3 is 2.65 bits per heavy atom. The molecule has 1 unspecified atom stereocenters. The fourth-order valence-corrected chi connectivity index (χ4v) is 2.44. The van der Waals surface area contributed by atoms with Crippen LogP contribution in [0.25, 0.3) is 0 Å². The molecule has 6 nitrogen and oxygen atoms in total. The Morgan fingerprint density at radius 2 is 2.05 bits per heavy atom. The first-order valence-electron chi connectivity index (χ1n) is 7.16. The predicted octanol–water partition coefficient (Wildman–Crippen LogP) is 2.26. The first-order chi connectivity index (χ1) is 9.39. The van der Waals surface area contributed by atoms with Gasteiger partial charge in [0.15, 0.2) is 0 Å². The Kier molecular flexibility index (Phi) is 4.45. The molecule has 0 saturated carbocycles. The third-order valence-electron chi connectivity index (χ3n) is 3.46. The van der Waals surface area contributed by atoms with Crippen LogP contribution in [0.1, 0.15) is 52.3 Å². The predicted molar refractivity (Wildman–Crippen MR) is 80.6 cm³/mol. The van der Waals surface area contributed by atoms with E-state index < -0.39 is 0 Å². The summed E-state index contributed by atoms with van der Waals surface area (Å²) in [6, 6.07) is 2.20. The van der Waals surface area contributed by atoms with Crippen molar-refractivity contribution in [1.29, 1.82) is 0 Å². The number of aromatic nitrogens is 2. The standard InChI is InChI=1S/C14H25N5O/c1-9(2)13-17-11(7-12(18-13)19-15)16-10-5-6-20-14(3,4)8-10/h7,9-10H,5-6,8,15H2,1-4H3,(H2,16,17,18,19). The number of hydrogen-bond acceptors (Lipinski definition) is 6. The van der Waals surface area contributed by atoms with Crippen molar-refractivity contribution in [3.8, 4) is 0 Å². The number of nitrogens with zero attached hydrogens (tertiary/aromatic N) is 2. The molecule has 20 heavy (non-hydrogen) atoms. The van der Waals surface area contributed by atoms with Crippen molar-refractivity contribution in [2.24, 2.45) is 5.84 Å². The fraction of sp³-hybridized carbons (Fsp3) is 0.714. The average Bonchev–Trinajstić information content (AvgIpc) is 2.37. The van der Waals surface area contributed by atoms with E-state index in [0.29, 0.717) is 11.9 Å². The summed E-state index contributed by atoms with van der Waals surface area (Å²) in [6.45, 7) is 9.14. The highest BCUT2D eigenvalue weighted by atomic mass is 16.5. The zero-order valence-corrected chi connectivity index (χ0v) is 12.7. The number of rotatable bonds is 4. The quantitative estimate of drug-likeness (QED) is 0.579. The lowest BCUT2D eigenvalue weighted by Gasteiger charge is -2.36. The Bertz CT molecular complexity index is 461. The molecule has 0 spiro atoms. The molecule has 0 bridgehead atoms. The van der Waals surface area contributed by atoms with Gasteiger partial charge in [0, 0.05) is 24.6 Å². The minimum atomic E-state index is -0.0846. The molecule has 112 valence electrons. The lowest BCUT2D eigenvalue weighted by Crippen LogP contribution is -2.40. The number of ether oxygens (including phenoxy) is 1. The van der Waals surface area contributed by atoms with Crippen LogP contribution in [0.2, 0.25) is 0 Å². The molecular weight excluding hydrogens is 254 g/mol. The van der Waals surface area contributed by atoms with Gasteiger partial charge in [-0.25, -0.2) is 15.8 Å². The Morgan fingerprint density at radius 1 is 1.35 bits per heavy atom. The molecule has 1 atom stereocenters. The third kappa shape index (κ3) is 3.80. The van der Waals surface area contributed by atoms with E-state index in [1.54, 1.807) is 0 Å². The largest absolute Gasteiger partial charge is 0.375 e. The highest BCUT2D eigenvalue weighted by Crippen LogP contribution is 2.26. The van der Waals surface area contributed by atoms with Crippen LogP contribution in [-0.4, -0.2) is 28.2 Å². The van der Waals surface area contributed by atoms with Crippen LogP contribution in [0.15, 0.2) is 6.07 Å². The zero-order valence-electron chi connectivity index (χ0n) is 12.7. The molecule has 1 aliphatic rings. The van der Waals surface area contributed by atoms with Crippen molar-refractivity contribution in [2.45, 2.75) is 58.1 Å². The van der Waals surface area contributed by atoms with E-state index in [9.17, 15) is 0 Å². The normalized spacial score (nSPS) is 21.8. The zero-order chi connectivity index (χ0) is 14.8. The molecule has 1 saturated heterocycles. The SMILES string of the molecule is CC(C)c1nc(NN)cc(NC2CCOC(C)(C)C2)n1. The Balaban J connectivity index is 2.14. The number of nitrogen functional groups attached to an aromatic ring is 1. The van der Waals surface area contributed by atoms with E-state index in [4.69, 9.17) is 10.6 Å². The van der Waals surface area contributed by atoms with Gasteiger partial charge in [0.2, 0.25) is 0 Å². The van der Waals surface area contributed by atoms with Gasteiger partial charge in [-0.3, -0.25) is 0 Å². The van der Waals surface area contributed by atoms with Crippen LogP contribution < -0.4 is 16.6 Å². The minimum absolute atomic E-state index is 0.0846. The summed E-state index contributed by atoms with van der Waals surface area (Å²) in [5.41, 5.74) is 2.52. The van der Waals surface area contributed by atoms with Crippen LogP contribution in [-0.2, 0) is 4.74 Å². The molecule has 4 N–H and O–H groups in total. The molecule has 0 radical (unpaired) electrons. The second-order valence-corrected chi connectivity index (χ2v) is 6.24. The van der Waals surface area contributed by atoms with E-state index in [-0.39, 0.29) is 11.5 Å². The topological polar surface area (TPSA) is 85.1 Å². The molecule has 1 fully saturated rings. The minimum Gasteiger partial charge on any atom is -0.375 e. The lowest BCUT2D eigenvalue weighted by molar-refractivity contribution is -0.0553. The van der Waals surface area contributed by atoms with E-state index >= 15 is 0 Å². The van der Waals surface area contributed by atoms with Gasteiger partial charge < -0.3 is 15.5 Å². The van der Waals surface area contributed by atoms with Gasteiger partial charge in [0.1, 0.15) is 17.5 Å². The molecule has 6 heteroatoms. The van der Waals surface area contributed by atoms with Crippen molar-refractivity contribution in [1.82, 2.24) is 9.97 Å². The lowest BCUT2D eigenvalue weighted by atomic mass is 9.94. The summed E-state index contributed by atoms with van der Waals surface area (Å²) < 4.78 is 5.73. The highest BCUT2D eigenvalue weighted by molar-refractivity contribution is 5.47. The molecule has 0 aromatic carbocycles. The molecule has 2 rings (SSSR count). The van der Waals surface area contributed by atoms with E-state index in [2.05, 4.69) is 48.4 Å². The van der Waals surface area contributed by atoms with Gasteiger partial charge in [-0.2, -0.15) is 0 Å². The summed E-state index contributed by atoms with van der Waals surface area (Å²) >= 11 is 0. The average molecular weight is 279 g/mol. The Labute approximate surface area is 120 Å². The van der Waals surface area contributed by atoms with Crippen molar-refractivity contribution >= 4 is 11.6 Å². The second kappa shape index (κ2) is 5.93. The van der Waals surface area contributed by atoms with Crippen LogP contribution in [0.4, 0.5) is 11.6 Å². The maximum absolute atomic E-state index is 5.73. The first-order valence-corrected chi connectivity index (χ1v) is 7.16. The maximum Gasteiger partial charge on any atom is 0.145 e. The smallest absolute Gasteiger partial charge is 0.145 e. The number of hydrazine groups is 1. The number of hydrogen-bond donors (Lipinski definition) is 3. The summed E-state index contributed by atoms with van der Waals surface area (Å²) in [6.07, 6.45) is 1.94.